The Kier molecular flexibility index (Phi) is 20.2. The number of carbonyl (C=O) groups is 1. The topological polar surface area (TPSA) is 55.8 Å². The molecule has 156 valence electrons. The van der Waals surface area contributed by atoms with Gasteiger partial charge in [-0.15, -0.1) is 0 Å². The van der Waals surface area contributed by atoms with Crippen molar-refractivity contribution in [1.29, 1.82) is 0 Å². The minimum atomic E-state index is -0.718. The van der Waals surface area contributed by atoms with E-state index in [1.54, 1.807) is 0 Å². The predicted molar refractivity (Wildman–Crippen MR) is 108 cm³/mol. The van der Waals surface area contributed by atoms with E-state index in [0.29, 0.717) is 6.42 Å². The van der Waals surface area contributed by atoms with Gasteiger partial charge in [0.15, 0.2) is 0 Å². The van der Waals surface area contributed by atoms with Crippen molar-refractivity contribution in [2.75, 3.05) is 20.3 Å². The van der Waals surface area contributed by atoms with Gasteiger partial charge in [-0.05, 0) is 6.42 Å². The van der Waals surface area contributed by atoms with Crippen LogP contribution in [0.2, 0.25) is 0 Å². The van der Waals surface area contributed by atoms with Crippen LogP contribution >= 0.6 is 0 Å². The standard InChI is InChI=1S/C22H44O4/c1-3-4-5-6-7-8-9-10-11-12-13-14-15-16-17-18-22(24)26-20-21(23)19-25-2/h21,23H,3-20H2,1-2H3. The van der Waals surface area contributed by atoms with Gasteiger partial charge in [0.25, 0.3) is 0 Å². The molecule has 0 bridgehead atoms. The van der Waals surface area contributed by atoms with Crippen LogP contribution in [0, 0.1) is 0 Å². The van der Waals surface area contributed by atoms with Crippen LogP contribution in [0.4, 0.5) is 0 Å². The molecule has 1 unspecified atom stereocenters. The number of ether oxygens (including phenoxy) is 2. The molecule has 4 nitrogen and oxygen atoms in total. The van der Waals surface area contributed by atoms with E-state index in [9.17, 15) is 9.90 Å². The molecule has 0 fully saturated rings. The Labute approximate surface area is 162 Å². The zero-order valence-electron chi connectivity index (χ0n) is 17.5. The van der Waals surface area contributed by atoms with E-state index in [2.05, 4.69) is 6.92 Å². The molecule has 0 saturated carbocycles. The normalized spacial score (nSPS) is 12.3. The van der Waals surface area contributed by atoms with E-state index in [1.807, 2.05) is 0 Å². The summed E-state index contributed by atoms with van der Waals surface area (Å²) in [4.78, 5) is 11.5. The summed E-state index contributed by atoms with van der Waals surface area (Å²) in [6, 6.07) is 0. The molecule has 0 aromatic heterocycles. The second-order valence-corrected chi connectivity index (χ2v) is 7.49. The zero-order valence-corrected chi connectivity index (χ0v) is 17.5. The lowest BCUT2D eigenvalue weighted by atomic mass is 10.0. The van der Waals surface area contributed by atoms with Gasteiger partial charge in [-0.2, -0.15) is 0 Å². The quantitative estimate of drug-likeness (QED) is 0.217. The van der Waals surface area contributed by atoms with Gasteiger partial charge in [0, 0.05) is 13.5 Å². The molecule has 0 saturated heterocycles. The summed E-state index contributed by atoms with van der Waals surface area (Å²) in [5.41, 5.74) is 0. The van der Waals surface area contributed by atoms with Gasteiger partial charge in [-0.25, -0.2) is 0 Å². The van der Waals surface area contributed by atoms with E-state index >= 15 is 0 Å². The van der Waals surface area contributed by atoms with E-state index in [4.69, 9.17) is 9.47 Å². The average Bonchev–Trinajstić information content (AvgIpc) is 2.63. The summed E-state index contributed by atoms with van der Waals surface area (Å²) >= 11 is 0. The SMILES string of the molecule is CCCCCCCCCCCCCCCCCC(=O)OCC(O)COC. The van der Waals surface area contributed by atoms with E-state index < -0.39 is 6.10 Å². The number of methoxy groups -OCH3 is 1. The van der Waals surface area contributed by atoms with Gasteiger partial charge in [0.05, 0.1) is 6.61 Å². The third-order valence-electron chi connectivity index (χ3n) is 4.78. The summed E-state index contributed by atoms with van der Waals surface area (Å²) < 4.78 is 9.79. The van der Waals surface area contributed by atoms with Gasteiger partial charge < -0.3 is 14.6 Å². The van der Waals surface area contributed by atoms with Crippen LogP contribution in [-0.4, -0.2) is 37.5 Å². The average molecular weight is 373 g/mol. The fourth-order valence-corrected chi connectivity index (χ4v) is 3.14. The summed E-state index contributed by atoms with van der Waals surface area (Å²) in [5.74, 6) is -0.213. The monoisotopic (exact) mass is 372 g/mol. The Bertz CT molecular complexity index is 294. The van der Waals surface area contributed by atoms with Gasteiger partial charge in [-0.3, -0.25) is 4.79 Å². The molecule has 0 aromatic rings. The smallest absolute Gasteiger partial charge is 0.305 e. The number of hydrogen-bond donors (Lipinski definition) is 1. The first kappa shape index (κ1) is 25.4. The van der Waals surface area contributed by atoms with Crippen LogP contribution in [-0.2, 0) is 14.3 Å². The second-order valence-electron chi connectivity index (χ2n) is 7.49. The maximum Gasteiger partial charge on any atom is 0.305 e. The molecule has 0 aliphatic rings. The number of rotatable bonds is 20. The van der Waals surface area contributed by atoms with Crippen LogP contribution < -0.4 is 0 Å². The number of unbranched alkanes of at least 4 members (excludes halogenated alkanes) is 14. The second kappa shape index (κ2) is 20.7. The van der Waals surface area contributed by atoms with Crippen molar-refractivity contribution < 1.29 is 19.4 Å². The minimum Gasteiger partial charge on any atom is -0.463 e. The van der Waals surface area contributed by atoms with Crippen LogP contribution in [0.15, 0.2) is 0 Å². The van der Waals surface area contributed by atoms with Gasteiger partial charge in [0.2, 0.25) is 0 Å². The summed E-state index contributed by atoms with van der Waals surface area (Å²) in [6.45, 7) is 2.50. The Morgan fingerprint density at radius 3 is 1.58 bits per heavy atom. The lowest BCUT2D eigenvalue weighted by Gasteiger charge is -2.10. The first-order valence-electron chi connectivity index (χ1n) is 11.0. The maximum absolute atomic E-state index is 11.5. The summed E-state index contributed by atoms with van der Waals surface area (Å²) in [6.07, 6.45) is 19.5. The van der Waals surface area contributed by atoms with Crippen LogP contribution in [0.3, 0.4) is 0 Å². The van der Waals surface area contributed by atoms with E-state index in [0.717, 1.165) is 12.8 Å². The fourth-order valence-electron chi connectivity index (χ4n) is 3.14. The first-order valence-corrected chi connectivity index (χ1v) is 11.0. The van der Waals surface area contributed by atoms with Crippen molar-refractivity contribution in [1.82, 2.24) is 0 Å². The molecule has 26 heavy (non-hydrogen) atoms. The lowest BCUT2D eigenvalue weighted by molar-refractivity contribution is -0.147. The van der Waals surface area contributed by atoms with Gasteiger partial charge >= 0.3 is 5.97 Å². The molecule has 1 N–H and O–H groups in total. The Morgan fingerprint density at radius 2 is 1.15 bits per heavy atom. The van der Waals surface area contributed by atoms with Crippen LogP contribution in [0.5, 0.6) is 0 Å². The number of carbonyl (C=O) groups excluding carboxylic acids is 1. The largest absolute Gasteiger partial charge is 0.463 e. The summed E-state index contributed by atoms with van der Waals surface area (Å²) in [7, 11) is 1.51. The van der Waals surface area contributed by atoms with Crippen molar-refractivity contribution >= 4 is 5.97 Å². The number of esters is 1. The number of aliphatic hydroxyl groups is 1. The van der Waals surface area contributed by atoms with Crippen molar-refractivity contribution in [3.05, 3.63) is 0 Å². The Hall–Kier alpha value is -0.610. The molecule has 0 rings (SSSR count). The molecule has 0 aliphatic heterocycles. The fraction of sp³-hybridized carbons (Fsp3) is 0.955. The maximum atomic E-state index is 11.5. The number of aliphatic hydroxyl groups excluding tert-OH is 1. The van der Waals surface area contributed by atoms with Crippen molar-refractivity contribution in [3.8, 4) is 0 Å². The third kappa shape index (κ3) is 19.7. The van der Waals surface area contributed by atoms with Crippen molar-refractivity contribution in [3.63, 3.8) is 0 Å². The molecular formula is C22H44O4. The minimum absolute atomic E-state index is 0.0331. The molecule has 4 heteroatoms. The lowest BCUT2D eigenvalue weighted by Crippen LogP contribution is -2.22. The van der Waals surface area contributed by atoms with Crippen molar-refractivity contribution in [2.24, 2.45) is 0 Å². The molecule has 0 heterocycles. The summed E-state index contributed by atoms with van der Waals surface area (Å²) in [5, 5.41) is 9.40. The molecule has 0 aliphatic carbocycles. The highest BCUT2D eigenvalue weighted by Crippen LogP contribution is 2.13. The Morgan fingerprint density at radius 1 is 0.731 bits per heavy atom. The predicted octanol–water partition coefficient (Wildman–Crippen LogP) is 5.80. The highest BCUT2D eigenvalue weighted by molar-refractivity contribution is 5.69. The van der Waals surface area contributed by atoms with Crippen LogP contribution in [0.1, 0.15) is 110 Å². The third-order valence-corrected chi connectivity index (χ3v) is 4.78. The molecular weight excluding hydrogens is 328 g/mol. The molecule has 1 atom stereocenters. The van der Waals surface area contributed by atoms with Crippen LogP contribution in [0.25, 0.3) is 0 Å². The van der Waals surface area contributed by atoms with Gasteiger partial charge in [-0.1, -0.05) is 96.8 Å². The molecule has 0 aromatic carbocycles. The molecule has 0 radical (unpaired) electrons. The van der Waals surface area contributed by atoms with E-state index in [1.165, 1.54) is 90.6 Å². The van der Waals surface area contributed by atoms with Gasteiger partial charge in [0.1, 0.15) is 12.7 Å². The first-order chi connectivity index (χ1) is 12.7. The number of hydrogen-bond acceptors (Lipinski definition) is 4. The van der Waals surface area contributed by atoms with E-state index in [-0.39, 0.29) is 19.2 Å². The Balaban J connectivity index is 3.16. The highest BCUT2D eigenvalue weighted by atomic mass is 16.5. The molecule has 0 amide bonds. The molecule has 0 spiro atoms. The van der Waals surface area contributed by atoms with Crippen molar-refractivity contribution in [2.45, 2.75) is 116 Å². The highest BCUT2D eigenvalue weighted by Gasteiger charge is 2.08. The zero-order chi connectivity index (χ0) is 19.3.